The highest BCUT2D eigenvalue weighted by molar-refractivity contribution is 7.17. The van der Waals surface area contributed by atoms with E-state index >= 15 is 0 Å². The number of thiophene rings is 1. The summed E-state index contributed by atoms with van der Waals surface area (Å²) in [5.74, 6) is -1.32. The second-order valence-corrected chi connectivity index (χ2v) is 8.39. The summed E-state index contributed by atoms with van der Waals surface area (Å²) < 4.78 is 91.8. The summed E-state index contributed by atoms with van der Waals surface area (Å²) >= 11 is 18.1. The van der Waals surface area contributed by atoms with Gasteiger partial charge in [0, 0.05) is 28.4 Å². The van der Waals surface area contributed by atoms with Crippen molar-refractivity contribution in [3.8, 4) is 0 Å². The van der Waals surface area contributed by atoms with Crippen LogP contribution in [0.1, 0.15) is 20.8 Å². The summed E-state index contributed by atoms with van der Waals surface area (Å²) in [6.45, 7) is 0. The standard InChI is InChI=1S/C17H8Cl3F7N2O2S/c18-9-1-7(15(21,16(22,23)24)17(25,26)27)2-10(19)12(9)29-5-6(4-28)11-3-8(14(30)31)13(20)32-11/h1-5H,28H2,(H,30,31). The molecular formula is C17H8Cl3F7N2O2S. The third-order valence-electron chi connectivity index (χ3n) is 3.91. The molecule has 1 aromatic carbocycles. The zero-order chi connectivity index (χ0) is 24.6. The van der Waals surface area contributed by atoms with Gasteiger partial charge in [0.25, 0.3) is 0 Å². The van der Waals surface area contributed by atoms with Crippen molar-refractivity contribution in [3.05, 3.63) is 54.8 Å². The summed E-state index contributed by atoms with van der Waals surface area (Å²) in [5, 5.41) is 7.40. The van der Waals surface area contributed by atoms with E-state index in [1.165, 1.54) is 0 Å². The number of hydrogen-bond acceptors (Lipinski definition) is 4. The number of halogens is 10. The van der Waals surface area contributed by atoms with E-state index in [-0.39, 0.29) is 32.5 Å². The van der Waals surface area contributed by atoms with Gasteiger partial charge in [-0.25, -0.2) is 9.18 Å². The highest BCUT2D eigenvalue weighted by atomic mass is 35.5. The molecule has 0 atom stereocenters. The van der Waals surface area contributed by atoms with E-state index < -0.39 is 45.3 Å². The maximum Gasteiger partial charge on any atom is 0.435 e. The predicted octanol–water partition coefficient (Wildman–Crippen LogP) is 7.40. The van der Waals surface area contributed by atoms with E-state index in [0.717, 1.165) is 29.8 Å². The van der Waals surface area contributed by atoms with Gasteiger partial charge in [-0.3, -0.25) is 4.99 Å². The zero-order valence-corrected chi connectivity index (χ0v) is 18.0. The molecule has 0 bridgehead atoms. The molecule has 0 unspecified atom stereocenters. The predicted molar refractivity (Wildman–Crippen MR) is 108 cm³/mol. The Hall–Kier alpha value is -2.02. The number of alkyl halides is 7. The minimum atomic E-state index is -6.35. The van der Waals surface area contributed by atoms with Gasteiger partial charge in [0.1, 0.15) is 10.0 Å². The van der Waals surface area contributed by atoms with Crippen LogP contribution in [-0.2, 0) is 5.67 Å². The van der Waals surface area contributed by atoms with Crippen LogP contribution in [0.4, 0.5) is 36.4 Å². The Morgan fingerprint density at radius 2 is 1.50 bits per heavy atom. The molecule has 4 nitrogen and oxygen atoms in total. The lowest BCUT2D eigenvalue weighted by molar-refractivity contribution is -0.348. The van der Waals surface area contributed by atoms with Crippen molar-refractivity contribution < 1.29 is 40.6 Å². The maximum absolute atomic E-state index is 14.2. The van der Waals surface area contributed by atoms with Crippen molar-refractivity contribution in [2.45, 2.75) is 18.0 Å². The molecule has 0 amide bonds. The van der Waals surface area contributed by atoms with E-state index in [0.29, 0.717) is 0 Å². The average molecular weight is 544 g/mol. The lowest BCUT2D eigenvalue weighted by atomic mass is 9.94. The highest BCUT2D eigenvalue weighted by Gasteiger charge is 2.73. The van der Waals surface area contributed by atoms with Crippen molar-refractivity contribution in [1.82, 2.24) is 0 Å². The summed E-state index contributed by atoms with van der Waals surface area (Å²) in [5.41, 5.74) is -2.79. The normalized spacial score (nSPS) is 13.8. The molecule has 0 saturated carbocycles. The summed E-state index contributed by atoms with van der Waals surface area (Å²) in [6, 6.07) is 1.38. The molecular weight excluding hydrogens is 536 g/mol. The van der Waals surface area contributed by atoms with Crippen LogP contribution in [0.15, 0.2) is 29.4 Å². The molecule has 2 rings (SSSR count). The molecule has 1 heterocycles. The minimum Gasteiger partial charge on any atom is -0.478 e. The van der Waals surface area contributed by atoms with E-state index in [1.807, 2.05) is 0 Å². The molecule has 0 spiro atoms. The first-order chi connectivity index (χ1) is 14.5. The summed E-state index contributed by atoms with van der Waals surface area (Å²) in [7, 11) is 0. The number of rotatable bonds is 5. The Labute approximate surface area is 193 Å². The number of aromatic carboxylic acids is 1. The fourth-order valence-electron chi connectivity index (χ4n) is 2.36. The lowest BCUT2D eigenvalue weighted by Gasteiger charge is -2.30. The van der Waals surface area contributed by atoms with Crippen molar-refractivity contribution in [3.63, 3.8) is 0 Å². The fourth-order valence-corrected chi connectivity index (χ4v) is 4.19. The first-order valence-electron chi connectivity index (χ1n) is 7.85. The zero-order valence-electron chi connectivity index (χ0n) is 15.0. The molecule has 0 radical (unpaired) electrons. The minimum absolute atomic E-state index is 0.0750. The molecule has 2 aromatic rings. The molecule has 32 heavy (non-hydrogen) atoms. The van der Waals surface area contributed by atoms with Crippen LogP contribution in [0, 0.1) is 0 Å². The largest absolute Gasteiger partial charge is 0.478 e. The maximum atomic E-state index is 14.2. The van der Waals surface area contributed by atoms with Crippen LogP contribution < -0.4 is 5.73 Å². The van der Waals surface area contributed by atoms with E-state index in [9.17, 15) is 35.5 Å². The summed E-state index contributed by atoms with van der Waals surface area (Å²) in [6.07, 6.45) is -10.7. The van der Waals surface area contributed by atoms with Crippen LogP contribution in [0.2, 0.25) is 14.4 Å². The molecule has 15 heteroatoms. The van der Waals surface area contributed by atoms with Gasteiger partial charge in [0.2, 0.25) is 0 Å². The Morgan fingerprint density at radius 3 is 1.88 bits per heavy atom. The van der Waals surface area contributed by atoms with Gasteiger partial charge in [-0.15, -0.1) is 11.3 Å². The Kier molecular flexibility index (Phi) is 7.45. The second kappa shape index (κ2) is 9.08. The van der Waals surface area contributed by atoms with Crippen LogP contribution in [-0.4, -0.2) is 29.6 Å². The van der Waals surface area contributed by atoms with Gasteiger partial charge < -0.3 is 10.8 Å². The SMILES string of the molecule is NC=C(C=Nc1c(Cl)cc(C(F)(C(F)(F)F)C(F)(F)F)cc1Cl)c1cc(C(=O)O)c(Cl)s1. The highest BCUT2D eigenvalue weighted by Crippen LogP contribution is 2.54. The van der Waals surface area contributed by atoms with E-state index in [4.69, 9.17) is 45.6 Å². The van der Waals surface area contributed by atoms with Crippen LogP contribution in [0.3, 0.4) is 0 Å². The van der Waals surface area contributed by atoms with Crippen LogP contribution >= 0.6 is 46.1 Å². The van der Waals surface area contributed by atoms with Gasteiger partial charge in [-0.1, -0.05) is 34.8 Å². The van der Waals surface area contributed by atoms with Gasteiger partial charge in [0.05, 0.1) is 15.6 Å². The Balaban J connectivity index is 2.52. The number of carbonyl (C=O) groups is 1. The van der Waals surface area contributed by atoms with Crippen molar-refractivity contribution in [2.24, 2.45) is 10.7 Å². The van der Waals surface area contributed by atoms with Gasteiger partial charge >= 0.3 is 24.0 Å². The lowest BCUT2D eigenvalue weighted by Crippen LogP contribution is -2.50. The fraction of sp³-hybridized carbons (Fsp3) is 0.176. The molecule has 0 aliphatic heterocycles. The molecule has 0 saturated heterocycles. The number of carboxylic acids is 1. The third-order valence-corrected chi connectivity index (χ3v) is 5.89. The number of nitrogens with zero attached hydrogens (tertiary/aromatic N) is 1. The van der Waals surface area contributed by atoms with Gasteiger partial charge in [-0.2, -0.15) is 26.3 Å². The first-order valence-corrected chi connectivity index (χ1v) is 9.80. The molecule has 174 valence electrons. The average Bonchev–Trinajstić information content (AvgIpc) is 3.03. The topological polar surface area (TPSA) is 75.7 Å². The van der Waals surface area contributed by atoms with Crippen molar-refractivity contribution >= 4 is 69.6 Å². The summed E-state index contributed by atoms with van der Waals surface area (Å²) in [4.78, 5) is 15.1. The Bertz CT molecular complexity index is 1070. The number of nitrogens with two attached hydrogens (primary N) is 1. The number of carboxylic acid groups (broad SMARTS) is 1. The van der Waals surface area contributed by atoms with Crippen LogP contribution in [0.5, 0.6) is 0 Å². The first kappa shape index (κ1) is 26.2. The smallest absolute Gasteiger partial charge is 0.435 e. The number of allylic oxidation sites excluding steroid dienone is 1. The monoisotopic (exact) mass is 542 g/mol. The van der Waals surface area contributed by atoms with Crippen LogP contribution in [0.25, 0.3) is 5.57 Å². The molecule has 1 aromatic heterocycles. The quantitative estimate of drug-likeness (QED) is 0.305. The number of benzene rings is 1. The van der Waals surface area contributed by atoms with Crippen molar-refractivity contribution in [2.75, 3.05) is 0 Å². The molecule has 0 aliphatic rings. The molecule has 0 fully saturated rings. The number of hydrogen-bond donors (Lipinski definition) is 2. The third kappa shape index (κ3) is 4.82. The molecule has 3 N–H and O–H groups in total. The Morgan fingerprint density at radius 1 is 1.00 bits per heavy atom. The molecule has 0 aliphatic carbocycles. The van der Waals surface area contributed by atoms with E-state index in [2.05, 4.69) is 4.99 Å². The van der Waals surface area contributed by atoms with Gasteiger partial charge in [0.15, 0.2) is 0 Å². The van der Waals surface area contributed by atoms with Gasteiger partial charge in [-0.05, 0) is 18.2 Å². The number of aliphatic imine (C=N–C) groups is 1. The second-order valence-electron chi connectivity index (χ2n) is 5.93. The van der Waals surface area contributed by atoms with Crippen molar-refractivity contribution in [1.29, 1.82) is 0 Å². The van der Waals surface area contributed by atoms with E-state index in [1.54, 1.807) is 0 Å².